The van der Waals surface area contributed by atoms with E-state index in [9.17, 15) is 18.0 Å². The third kappa shape index (κ3) is 5.20. The Hall–Kier alpha value is -2.65. The fraction of sp³-hybridized carbons (Fsp3) is 0.556. The number of alkyl halides is 3. The Bertz CT molecular complexity index is 781. The van der Waals surface area contributed by atoms with Crippen molar-refractivity contribution >= 4 is 11.7 Å². The largest absolute Gasteiger partial charge is 0.417 e. The molecule has 2 heterocycles. The number of hydrogen-bond acceptors (Lipinski definition) is 5. The Labute approximate surface area is 160 Å². The molecule has 1 aliphatic rings. The lowest BCUT2D eigenvalue weighted by molar-refractivity contribution is -0.137. The van der Waals surface area contributed by atoms with Crippen LogP contribution in [-0.2, 0) is 24.4 Å². The highest BCUT2D eigenvalue weighted by molar-refractivity contribution is 5.78. The molecule has 1 amide bonds. The van der Waals surface area contributed by atoms with E-state index in [-0.39, 0.29) is 17.9 Å². The summed E-state index contributed by atoms with van der Waals surface area (Å²) in [6.07, 6.45) is 1.55. The number of amides is 1. The second-order valence-electron chi connectivity index (χ2n) is 6.96. The normalized spacial score (nSPS) is 20.0. The standard InChI is InChI=1S/C18H23F3N6O/c1-27-16(24-11-25-27)8-9-22-17(28)12-2-5-14(6-3-12)26-15-7-4-13(10-23-15)18(19,20)21/h4,7,10-12,14H,2-3,5-6,8-9H2,1H3,(H,22,28)(H,23,26). The Morgan fingerprint density at radius 3 is 2.54 bits per heavy atom. The number of aromatic nitrogens is 4. The van der Waals surface area contributed by atoms with Gasteiger partial charge in [0.25, 0.3) is 0 Å². The van der Waals surface area contributed by atoms with Crippen molar-refractivity contribution in [3.05, 3.63) is 36.0 Å². The van der Waals surface area contributed by atoms with E-state index in [4.69, 9.17) is 0 Å². The molecule has 10 heteroatoms. The van der Waals surface area contributed by atoms with Crippen molar-refractivity contribution in [3.63, 3.8) is 0 Å². The number of nitrogens with zero attached hydrogens (tertiary/aromatic N) is 4. The van der Waals surface area contributed by atoms with Gasteiger partial charge in [0.15, 0.2) is 0 Å². The SMILES string of the molecule is Cn1ncnc1CCNC(=O)C1CCC(Nc2ccc(C(F)(F)F)cn2)CC1. The minimum Gasteiger partial charge on any atom is -0.367 e. The fourth-order valence-corrected chi connectivity index (χ4v) is 3.34. The van der Waals surface area contributed by atoms with Crippen LogP contribution in [0.15, 0.2) is 24.7 Å². The highest BCUT2D eigenvalue weighted by Crippen LogP contribution is 2.30. The van der Waals surface area contributed by atoms with Crippen molar-refractivity contribution in [2.75, 3.05) is 11.9 Å². The van der Waals surface area contributed by atoms with Crippen LogP contribution in [0.5, 0.6) is 0 Å². The predicted molar refractivity (Wildman–Crippen MR) is 96.3 cm³/mol. The molecule has 28 heavy (non-hydrogen) atoms. The van der Waals surface area contributed by atoms with E-state index in [0.29, 0.717) is 18.8 Å². The molecule has 0 atom stereocenters. The zero-order chi connectivity index (χ0) is 20.1. The van der Waals surface area contributed by atoms with Crippen molar-refractivity contribution in [2.45, 2.75) is 44.3 Å². The monoisotopic (exact) mass is 396 g/mol. The van der Waals surface area contributed by atoms with Crippen LogP contribution in [0, 0.1) is 5.92 Å². The van der Waals surface area contributed by atoms with Crippen LogP contribution >= 0.6 is 0 Å². The summed E-state index contributed by atoms with van der Waals surface area (Å²) in [6, 6.07) is 2.46. The lowest BCUT2D eigenvalue weighted by atomic mass is 9.85. The molecule has 0 radical (unpaired) electrons. The summed E-state index contributed by atoms with van der Waals surface area (Å²) >= 11 is 0. The maximum Gasteiger partial charge on any atom is 0.417 e. The molecule has 2 aromatic rings. The Morgan fingerprint density at radius 1 is 1.21 bits per heavy atom. The van der Waals surface area contributed by atoms with Gasteiger partial charge in [-0.15, -0.1) is 0 Å². The summed E-state index contributed by atoms with van der Waals surface area (Å²) in [4.78, 5) is 20.3. The van der Waals surface area contributed by atoms with Gasteiger partial charge < -0.3 is 10.6 Å². The molecule has 1 saturated carbocycles. The maximum atomic E-state index is 12.6. The first-order valence-corrected chi connectivity index (χ1v) is 9.23. The summed E-state index contributed by atoms with van der Waals surface area (Å²) in [7, 11) is 1.81. The first-order chi connectivity index (χ1) is 13.3. The Balaban J connectivity index is 1.40. The van der Waals surface area contributed by atoms with Gasteiger partial charge in [0.05, 0.1) is 5.56 Å². The number of anilines is 1. The summed E-state index contributed by atoms with van der Waals surface area (Å²) < 4.78 is 39.4. The molecule has 0 saturated heterocycles. The second kappa shape index (κ2) is 8.57. The quantitative estimate of drug-likeness (QED) is 0.784. The van der Waals surface area contributed by atoms with Crippen LogP contribution in [0.2, 0.25) is 0 Å². The average Bonchev–Trinajstić information content (AvgIpc) is 3.07. The summed E-state index contributed by atoms with van der Waals surface area (Å²) in [5, 5.41) is 10.1. The molecule has 0 aromatic carbocycles. The number of aryl methyl sites for hydroxylation is 1. The van der Waals surface area contributed by atoms with Crippen molar-refractivity contribution in [3.8, 4) is 0 Å². The van der Waals surface area contributed by atoms with E-state index in [1.165, 1.54) is 12.4 Å². The number of carbonyl (C=O) groups is 1. The fourth-order valence-electron chi connectivity index (χ4n) is 3.34. The first kappa shape index (κ1) is 20.1. The third-order valence-corrected chi connectivity index (χ3v) is 4.99. The van der Waals surface area contributed by atoms with Gasteiger partial charge in [-0.2, -0.15) is 18.3 Å². The Morgan fingerprint density at radius 2 is 1.96 bits per heavy atom. The molecular formula is C18H23F3N6O. The summed E-state index contributed by atoms with van der Waals surface area (Å²) in [6.45, 7) is 0.513. The molecule has 1 aliphatic carbocycles. The number of pyridine rings is 1. The molecular weight excluding hydrogens is 373 g/mol. The minimum atomic E-state index is -4.39. The molecule has 152 valence electrons. The van der Waals surface area contributed by atoms with Crippen LogP contribution in [0.25, 0.3) is 0 Å². The lowest BCUT2D eigenvalue weighted by Gasteiger charge is -2.28. The highest BCUT2D eigenvalue weighted by Gasteiger charge is 2.31. The number of hydrogen-bond donors (Lipinski definition) is 2. The Kier molecular flexibility index (Phi) is 6.15. The smallest absolute Gasteiger partial charge is 0.367 e. The molecule has 0 bridgehead atoms. The van der Waals surface area contributed by atoms with Crippen molar-refractivity contribution < 1.29 is 18.0 Å². The van der Waals surface area contributed by atoms with Gasteiger partial charge in [0, 0.05) is 38.2 Å². The van der Waals surface area contributed by atoms with Gasteiger partial charge in [-0.25, -0.2) is 9.97 Å². The summed E-state index contributed by atoms with van der Waals surface area (Å²) in [5.41, 5.74) is -0.764. The zero-order valence-corrected chi connectivity index (χ0v) is 15.5. The van der Waals surface area contributed by atoms with E-state index < -0.39 is 11.7 Å². The van der Waals surface area contributed by atoms with E-state index in [1.807, 2.05) is 7.05 Å². The molecule has 1 fully saturated rings. The van der Waals surface area contributed by atoms with Crippen LogP contribution in [-0.4, -0.2) is 38.2 Å². The van der Waals surface area contributed by atoms with E-state index in [1.54, 1.807) is 4.68 Å². The van der Waals surface area contributed by atoms with Crippen LogP contribution in [0.1, 0.15) is 37.1 Å². The van der Waals surface area contributed by atoms with Crippen molar-refractivity contribution in [1.82, 2.24) is 25.1 Å². The first-order valence-electron chi connectivity index (χ1n) is 9.23. The lowest BCUT2D eigenvalue weighted by Crippen LogP contribution is -2.37. The van der Waals surface area contributed by atoms with Gasteiger partial charge in [0.2, 0.25) is 5.91 Å². The van der Waals surface area contributed by atoms with Gasteiger partial charge in [-0.3, -0.25) is 9.48 Å². The molecule has 0 spiro atoms. The van der Waals surface area contributed by atoms with E-state index >= 15 is 0 Å². The van der Waals surface area contributed by atoms with E-state index in [0.717, 1.165) is 43.8 Å². The highest BCUT2D eigenvalue weighted by atomic mass is 19.4. The molecule has 2 aromatic heterocycles. The van der Waals surface area contributed by atoms with Gasteiger partial charge in [-0.05, 0) is 37.8 Å². The maximum absolute atomic E-state index is 12.6. The van der Waals surface area contributed by atoms with Crippen LogP contribution in [0.3, 0.4) is 0 Å². The number of carbonyl (C=O) groups excluding carboxylic acids is 1. The minimum absolute atomic E-state index is 0.0354. The second-order valence-corrected chi connectivity index (χ2v) is 6.96. The van der Waals surface area contributed by atoms with Crippen molar-refractivity contribution in [1.29, 1.82) is 0 Å². The number of halogens is 3. The van der Waals surface area contributed by atoms with E-state index in [2.05, 4.69) is 25.7 Å². The number of rotatable bonds is 6. The average molecular weight is 396 g/mol. The summed E-state index contributed by atoms with van der Waals surface area (Å²) in [5.74, 6) is 1.23. The number of nitrogens with one attached hydrogen (secondary N) is 2. The molecule has 0 unspecified atom stereocenters. The van der Waals surface area contributed by atoms with Crippen LogP contribution in [0.4, 0.5) is 19.0 Å². The van der Waals surface area contributed by atoms with Crippen molar-refractivity contribution in [2.24, 2.45) is 13.0 Å². The predicted octanol–water partition coefficient (Wildman–Crippen LogP) is 2.56. The topological polar surface area (TPSA) is 84.7 Å². The van der Waals surface area contributed by atoms with Gasteiger partial charge in [-0.1, -0.05) is 0 Å². The van der Waals surface area contributed by atoms with Crippen LogP contribution < -0.4 is 10.6 Å². The third-order valence-electron chi connectivity index (χ3n) is 4.99. The van der Waals surface area contributed by atoms with Gasteiger partial charge >= 0.3 is 6.18 Å². The molecule has 7 nitrogen and oxygen atoms in total. The molecule has 3 rings (SSSR count). The molecule has 0 aliphatic heterocycles. The zero-order valence-electron chi connectivity index (χ0n) is 15.5. The van der Waals surface area contributed by atoms with Gasteiger partial charge in [0.1, 0.15) is 18.0 Å². The molecule has 2 N–H and O–H groups in total.